The van der Waals surface area contributed by atoms with Crippen molar-refractivity contribution in [2.75, 3.05) is 11.9 Å². The summed E-state index contributed by atoms with van der Waals surface area (Å²) in [5.41, 5.74) is 3.70. The van der Waals surface area contributed by atoms with Crippen LogP contribution >= 0.6 is 0 Å². The number of nitrogens with one attached hydrogen (secondary N) is 2. The molecule has 0 bridgehead atoms. The van der Waals surface area contributed by atoms with Crippen molar-refractivity contribution in [3.63, 3.8) is 0 Å². The van der Waals surface area contributed by atoms with E-state index in [0.717, 1.165) is 23.4 Å². The van der Waals surface area contributed by atoms with E-state index in [1.165, 1.54) is 0 Å². The lowest BCUT2D eigenvalue weighted by atomic mass is 9.77. The molecule has 0 radical (unpaired) electrons. The van der Waals surface area contributed by atoms with E-state index in [2.05, 4.69) is 27.8 Å². The summed E-state index contributed by atoms with van der Waals surface area (Å²) >= 11 is 0. The number of benzene rings is 1. The van der Waals surface area contributed by atoms with Crippen LogP contribution in [0, 0.1) is 5.92 Å². The van der Waals surface area contributed by atoms with E-state index >= 15 is 0 Å². The average Bonchev–Trinajstić information content (AvgIpc) is 3.17. The average molecular weight is 363 g/mol. The molecule has 1 amide bonds. The Labute approximate surface area is 157 Å². The summed E-state index contributed by atoms with van der Waals surface area (Å²) in [5.74, 6) is -0.577. The molecule has 0 fully saturated rings. The number of aliphatic carboxylic acids is 1. The number of aromatic nitrogens is 1. The second kappa shape index (κ2) is 7.23. The molecule has 1 aliphatic carbocycles. The number of carbonyl (C=O) groups is 2. The van der Waals surface area contributed by atoms with Crippen LogP contribution in [0.3, 0.4) is 0 Å². The summed E-state index contributed by atoms with van der Waals surface area (Å²) in [6, 6.07) is 11.7. The van der Waals surface area contributed by atoms with Crippen LogP contribution in [0.2, 0.25) is 0 Å². The highest BCUT2D eigenvalue weighted by molar-refractivity contribution is 5.95. The van der Waals surface area contributed by atoms with E-state index in [9.17, 15) is 9.59 Å². The zero-order chi connectivity index (χ0) is 18.8. The number of rotatable bonds is 5. The number of carboxylic acid groups (broad SMARTS) is 1. The van der Waals surface area contributed by atoms with Crippen molar-refractivity contribution < 1.29 is 14.7 Å². The molecule has 0 saturated carbocycles. The second-order valence-electron chi connectivity index (χ2n) is 6.93. The van der Waals surface area contributed by atoms with Gasteiger partial charge in [0.1, 0.15) is 0 Å². The van der Waals surface area contributed by atoms with Gasteiger partial charge in [0.25, 0.3) is 5.91 Å². The van der Waals surface area contributed by atoms with Gasteiger partial charge in [0, 0.05) is 29.9 Å². The molecule has 0 unspecified atom stereocenters. The normalized spacial score (nSPS) is 22.4. The van der Waals surface area contributed by atoms with Gasteiger partial charge in [-0.3, -0.25) is 14.6 Å². The van der Waals surface area contributed by atoms with Crippen LogP contribution in [0.4, 0.5) is 5.69 Å². The number of carbonyl (C=O) groups excluding carboxylic acids is 1. The van der Waals surface area contributed by atoms with E-state index in [0.29, 0.717) is 11.5 Å². The van der Waals surface area contributed by atoms with Crippen LogP contribution < -0.4 is 10.6 Å². The molecule has 138 valence electrons. The maximum Gasteiger partial charge on any atom is 0.305 e. The molecule has 0 spiro atoms. The Morgan fingerprint density at radius 1 is 1.26 bits per heavy atom. The number of fused-ring (bicyclic) bond motifs is 3. The number of pyridine rings is 1. The fourth-order valence-corrected chi connectivity index (χ4v) is 3.97. The molecule has 2 aromatic rings. The number of amides is 1. The molecular weight excluding hydrogens is 342 g/mol. The molecule has 1 aromatic heterocycles. The molecule has 27 heavy (non-hydrogen) atoms. The standard InChI is InChI=1S/C21H21N3O3/c25-19(26)9-11-23-21(27)13-7-8-17-16(12-13)14-4-3-5-15(14)20(24-17)18-6-1-2-10-22-18/h1-4,6-8,10,12,14-15,20,24H,5,9,11H2,(H,23,27)(H,25,26)/t14-,15-,20-/m1/s1. The second-order valence-corrected chi connectivity index (χ2v) is 6.93. The summed E-state index contributed by atoms with van der Waals surface area (Å²) in [5, 5.41) is 15.0. The molecule has 0 saturated heterocycles. The fraction of sp³-hybridized carbons (Fsp3) is 0.286. The molecule has 3 atom stereocenters. The Bertz CT molecular complexity index is 895. The minimum absolute atomic E-state index is 0.0859. The molecule has 3 N–H and O–H groups in total. The summed E-state index contributed by atoms with van der Waals surface area (Å²) in [6.45, 7) is 0.122. The number of allylic oxidation sites excluding steroid dienone is 2. The Hall–Kier alpha value is -3.15. The van der Waals surface area contributed by atoms with E-state index in [1.807, 2.05) is 36.5 Å². The van der Waals surface area contributed by atoms with Crippen molar-refractivity contribution in [2.24, 2.45) is 5.92 Å². The predicted molar refractivity (Wildman–Crippen MR) is 102 cm³/mol. The first-order valence-corrected chi connectivity index (χ1v) is 9.11. The summed E-state index contributed by atoms with van der Waals surface area (Å²) < 4.78 is 0. The minimum atomic E-state index is -0.926. The van der Waals surface area contributed by atoms with Gasteiger partial charge in [-0.05, 0) is 48.2 Å². The number of anilines is 1. The Morgan fingerprint density at radius 3 is 2.93 bits per heavy atom. The highest BCUT2D eigenvalue weighted by Crippen LogP contribution is 2.49. The van der Waals surface area contributed by atoms with Crippen LogP contribution in [0.1, 0.15) is 46.4 Å². The van der Waals surface area contributed by atoms with Gasteiger partial charge in [-0.15, -0.1) is 0 Å². The topological polar surface area (TPSA) is 91.3 Å². The van der Waals surface area contributed by atoms with E-state index in [4.69, 9.17) is 5.11 Å². The van der Waals surface area contributed by atoms with Crippen molar-refractivity contribution in [3.8, 4) is 0 Å². The summed E-state index contributed by atoms with van der Waals surface area (Å²) in [7, 11) is 0. The smallest absolute Gasteiger partial charge is 0.305 e. The molecule has 1 aromatic carbocycles. The lowest BCUT2D eigenvalue weighted by molar-refractivity contribution is -0.136. The van der Waals surface area contributed by atoms with Crippen molar-refractivity contribution in [1.82, 2.24) is 10.3 Å². The van der Waals surface area contributed by atoms with E-state index in [1.54, 1.807) is 6.07 Å². The van der Waals surface area contributed by atoms with Crippen molar-refractivity contribution in [1.29, 1.82) is 0 Å². The third-order valence-corrected chi connectivity index (χ3v) is 5.26. The third-order valence-electron chi connectivity index (χ3n) is 5.26. The highest BCUT2D eigenvalue weighted by Gasteiger charge is 2.38. The van der Waals surface area contributed by atoms with Crippen molar-refractivity contribution >= 4 is 17.6 Å². The molecule has 1 aliphatic heterocycles. The Kier molecular flexibility index (Phi) is 4.62. The maximum atomic E-state index is 12.3. The first-order valence-electron chi connectivity index (χ1n) is 9.11. The van der Waals surface area contributed by atoms with Crippen LogP contribution in [0.5, 0.6) is 0 Å². The Balaban J connectivity index is 1.59. The lowest BCUT2D eigenvalue weighted by Crippen LogP contribution is -2.30. The zero-order valence-electron chi connectivity index (χ0n) is 14.8. The van der Waals surface area contributed by atoms with Gasteiger partial charge < -0.3 is 15.7 Å². The molecule has 6 heteroatoms. The largest absolute Gasteiger partial charge is 0.481 e. The minimum Gasteiger partial charge on any atom is -0.481 e. The van der Waals surface area contributed by atoms with Crippen LogP contribution in [-0.2, 0) is 4.79 Å². The van der Waals surface area contributed by atoms with Gasteiger partial charge in [0.05, 0.1) is 18.2 Å². The first kappa shape index (κ1) is 17.3. The fourth-order valence-electron chi connectivity index (χ4n) is 3.97. The van der Waals surface area contributed by atoms with E-state index in [-0.39, 0.29) is 30.8 Å². The number of nitrogens with zero attached hydrogens (tertiary/aromatic N) is 1. The summed E-state index contributed by atoms with van der Waals surface area (Å²) in [4.78, 5) is 27.5. The molecular formula is C21H21N3O3. The first-order chi connectivity index (χ1) is 13.1. The highest BCUT2D eigenvalue weighted by atomic mass is 16.4. The molecule has 6 nitrogen and oxygen atoms in total. The van der Waals surface area contributed by atoms with E-state index < -0.39 is 5.97 Å². The molecule has 4 rings (SSSR count). The van der Waals surface area contributed by atoms with Crippen molar-refractivity contribution in [2.45, 2.75) is 24.8 Å². The third kappa shape index (κ3) is 3.43. The van der Waals surface area contributed by atoms with Gasteiger partial charge in [-0.2, -0.15) is 0 Å². The number of carboxylic acids is 1. The monoisotopic (exact) mass is 363 g/mol. The number of hydrogen-bond donors (Lipinski definition) is 3. The SMILES string of the molecule is O=C(O)CCNC(=O)c1ccc2c(c1)[C@@H]1C=CC[C@H]1[C@H](c1ccccn1)N2. The molecule has 2 aliphatic rings. The number of hydrogen-bond acceptors (Lipinski definition) is 4. The van der Waals surface area contributed by atoms with Gasteiger partial charge in [0.2, 0.25) is 0 Å². The lowest BCUT2D eigenvalue weighted by Gasteiger charge is -2.37. The van der Waals surface area contributed by atoms with Crippen LogP contribution in [0.15, 0.2) is 54.7 Å². The van der Waals surface area contributed by atoms with Gasteiger partial charge in [0.15, 0.2) is 0 Å². The van der Waals surface area contributed by atoms with Gasteiger partial charge >= 0.3 is 5.97 Å². The van der Waals surface area contributed by atoms with Crippen LogP contribution in [0.25, 0.3) is 0 Å². The maximum absolute atomic E-state index is 12.3. The summed E-state index contributed by atoms with van der Waals surface area (Å²) in [6.07, 6.45) is 7.10. The predicted octanol–water partition coefficient (Wildman–Crippen LogP) is 3.11. The zero-order valence-corrected chi connectivity index (χ0v) is 14.8. The van der Waals surface area contributed by atoms with Gasteiger partial charge in [-0.25, -0.2) is 0 Å². The molecule has 2 heterocycles. The van der Waals surface area contributed by atoms with Crippen LogP contribution in [-0.4, -0.2) is 28.5 Å². The Morgan fingerprint density at radius 2 is 2.15 bits per heavy atom. The van der Waals surface area contributed by atoms with Crippen molar-refractivity contribution in [3.05, 3.63) is 71.6 Å². The quantitative estimate of drug-likeness (QED) is 0.710. The van der Waals surface area contributed by atoms with Gasteiger partial charge in [-0.1, -0.05) is 18.2 Å².